The smallest absolute Gasteiger partial charge is 0.266 e. The predicted octanol–water partition coefficient (Wildman–Crippen LogP) is 1.60. The number of methoxy groups -OCH3 is 1. The Balaban J connectivity index is 2.26. The zero-order valence-corrected chi connectivity index (χ0v) is 11.7. The quantitative estimate of drug-likeness (QED) is 0.868. The Hall–Kier alpha value is -2.14. The summed E-state index contributed by atoms with van der Waals surface area (Å²) in [6, 6.07) is 11.0. The fourth-order valence-electron chi connectivity index (χ4n) is 2.09. The third-order valence-electron chi connectivity index (χ3n) is 3.09. The van der Waals surface area contributed by atoms with E-state index in [9.17, 15) is 4.79 Å². The highest BCUT2D eigenvalue weighted by atomic mass is 16.5. The van der Waals surface area contributed by atoms with Crippen LogP contribution in [0.1, 0.15) is 18.5 Å². The summed E-state index contributed by atoms with van der Waals surface area (Å²) in [5.74, 6) is 0.804. The number of aromatic nitrogens is 2. The Morgan fingerprint density at radius 1 is 1.35 bits per heavy atom. The number of hydrogen-bond acceptors (Lipinski definition) is 4. The van der Waals surface area contributed by atoms with Crippen LogP contribution in [0.3, 0.4) is 0 Å². The highest BCUT2D eigenvalue weighted by Crippen LogP contribution is 2.20. The summed E-state index contributed by atoms with van der Waals surface area (Å²) in [6.45, 7) is 3.33. The summed E-state index contributed by atoms with van der Waals surface area (Å²) < 4.78 is 6.71. The Morgan fingerprint density at radius 3 is 2.90 bits per heavy atom. The monoisotopic (exact) mass is 273 g/mol. The van der Waals surface area contributed by atoms with Crippen molar-refractivity contribution in [2.45, 2.75) is 19.5 Å². The van der Waals surface area contributed by atoms with E-state index in [0.717, 1.165) is 17.9 Å². The molecule has 0 saturated carbocycles. The van der Waals surface area contributed by atoms with Crippen LogP contribution < -0.4 is 15.6 Å². The van der Waals surface area contributed by atoms with Crippen molar-refractivity contribution in [3.63, 3.8) is 0 Å². The van der Waals surface area contributed by atoms with E-state index >= 15 is 0 Å². The Kier molecular flexibility index (Phi) is 4.90. The van der Waals surface area contributed by atoms with Crippen LogP contribution in [-0.2, 0) is 6.54 Å². The molecule has 0 aliphatic rings. The molecule has 0 aliphatic heterocycles. The van der Waals surface area contributed by atoms with E-state index in [2.05, 4.69) is 10.4 Å². The van der Waals surface area contributed by atoms with Crippen molar-refractivity contribution < 1.29 is 4.74 Å². The number of hydrogen-bond donors (Lipinski definition) is 1. The molecule has 2 rings (SSSR count). The second-order valence-electron chi connectivity index (χ2n) is 4.43. The molecule has 1 aromatic heterocycles. The lowest BCUT2D eigenvalue weighted by molar-refractivity contribution is 0.408. The maximum atomic E-state index is 11.8. The van der Waals surface area contributed by atoms with E-state index in [4.69, 9.17) is 4.74 Å². The summed E-state index contributed by atoms with van der Waals surface area (Å²) in [5.41, 5.74) is 0.974. The summed E-state index contributed by atoms with van der Waals surface area (Å²) >= 11 is 0. The van der Waals surface area contributed by atoms with Crippen molar-refractivity contribution in [2.24, 2.45) is 0 Å². The van der Waals surface area contributed by atoms with Crippen LogP contribution >= 0.6 is 0 Å². The SMILES string of the molecule is CCNC(Cn1ncccc1=O)c1cccc(OC)c1. The number of nitrogens with one attached hydrogen (secondary N) is 1. The van der Waals surface area contributed by atoms with Crippen molar-refractivity contribution in [2.75, 3.05) is 13.7 Å². The lowest BCUT2D eigenvalue weighted by atomic mass is 10.1. The third-order valence-corrected chi connectivity index (χ3v) is 3.09. The molecule has 0 radical (unpaired) electrons. The molecule has 0 fully saturated rings. The van der Waals surface area contributed by atoms with Gasteiger partial charge in [0.25, 0.3) is 5.56 Å². The van der Waals surface area contributed by atoms with Gasteiger partial charge in [-0.05, 0) is 30.3 Å². The van der Waals surface area contributed by atoms with E-state index in [0.29, 0.717) is 6.54 Å². The molecule has 0 bridgehead atoms. The highest BCUT2D eigenvalue weighted by molar-refractivity contribution is 5.30. The first kappa shape index (κ1) is 14.3. The molecule has 0 amide bonds. The third kappa shape index (κ3) is 3.45. The topological polar surface area (TPSA) is 56.2 Å². The number of nitrogens with zero attached hydrogens (tertiary/aromatic N) is 2. The lowest BCUT2D eigenvalue weighted by Crippen LogP contribution is -2.31. The van der Waals surface area contributed by atoms with Gasteiger partial charge < -0.3 is 10.1 Å². The average Bonchev–Trinajstić information content (AvgIpc) is 2.49. The molecule has 5 nitrogen and oxygen atoms in total. The summed E-state index contributed by atoms with van der Waals surface area (Å²) in [7, 11) is 1.64. The molecule has 1 unspecified atom stereocenters. The van der Waals surface area contributed by atoms with Crippen molar-refractivity contribution in [1.82, 2.24) is 15.1 Å². The van der Waals surface area contributed by atoms with E-state index < -0.39 is 0 Å². The highest BCUT2D eigenvalue weighted by Gasteiger charge is 2.13. The molecule has 2 aromatic rings. The van der Waals surface area contributed by atoms with Crippen molar-refractivity contribution >= 4 is 0 Å². The second kappa shape index (κ2) is 6.86. The minimum Gasteiger partial charge on any atom is -0.497 e. The van der Waals surface area contributed by atoms with Crippen molar-refractivity contribution in [3.05, 3.63) is 58.5 Å². The summed E-state index contributed by atoms with van der Waals surface area (Å²) in [6.07, 6.45) is 1.62. The van der Waals surface area contributed by atoms with Gasteiger partial charge in [-0.25, -0.2) is 4.68 Å². The van der Waals surface area contributed by atoms with Crippen molar-refractivity contribution in [1.29, 1.82) is 0 Å². The van der Waals surface area contributed by atoms with Gasteiger partial charge in [-0.15, -0.1) is 0 Å². The molecule has 106 valence electrons. The first-order valence-electron chi connectivity index (χ1n) is 6.64. The van der Waals surface area contributed by atoms with Crippen LogP contribution in [0.25, 0.3) is 0 Å². The molecule has 20 heavy (non-hydrogen) atoms. The van der Waals surface area contributed by atoms with Crippen LogP contribution in [0.2, 0.25) is 0 Å². The molecule has 1 aromatic carbocycles. The molecule has 1 N–H and O–H groups in total. The van der Waals surface area contributed by atoms with Gasteiger partial charge >= 0.3 is 0 Å². The standard InChI is InChI=1S/C15H19N3O2/c1-3-16-14(11-18-15(19)8-5-9-17-18)12-6-4-7-13(10-12)20-2/h4-10,14,16H,3,11H2,1-2H3. The minimum atomic E-state index is -0.0988. The average molecular weight is 273 g/mol. The summed E-state index contributed by atoms with van der Waals surface area (Å²) in [4.78, 5) is 11.8. The predicted molar refractivity (Wildman–Crippen MR) is 77.9 cm³/mol. The van der Waals surface area contributed by atoms with Gasteiger partial charge in [0.1, 0.15) is 5.75 Å². The number of ether oxygens (including phenoxy) is 1. The van der Waals surface area contributed by atoms with Crippen LogP contribution in [0.4, 0.5) is 0 Å². The van der Waals surface area contributed by atoms with Gasteiger partial charge in [-0.3, -0.25) is 4.79 Å². The van der Waals surface area contributed by atoms with Crippen LogP contribution in [-0.4, -0.2) is 23.4 Å². The van der Waals surface area contributed by atoms with Gasteiger partial charge in [-0.2, -0.15) is 5.10 Å². The van der Waals surface area contributed by atoms with Gasteiger partial charge in [0.2, 0.25) is 0 Å². The molecule has 0 spiro atoms. The van der Waals surface area contributed by atoms with Crippen LogP contribution in [0, 0.1) is 0 Å². The Morgan fingerprint density at radius 2 is 2.20 bits per heavy atom. The zero-order chi connectivity index (χ0) is 14.4. The maximum absolute atomic E-state index is 11.8. The Bertz CT molecular complexity index is 610. The largest absolute Gasteiger partial charge is 0.497 e. The van der Waals surface area contributed by atoms with Gasteiger partial charge in [0.05, 0.1) is 19.7 Å². The Labute approximate surface area is 118 Å². The van der Waals surface area contributed by atoms with Crippen LogP contribution in [0.5, 0.6) is 5.75 Å². The van der Waals surface area contributed by atoms with E-state index in [-0.39, 0.29) is 11.6 Å². The van der Waals surface area contributed by atoms with Gasteiger partial charge in [-0.1, -0.05) is 19.1 Å². The molecule has 5 heteroatoms. The molecule has 0 aliphatic carbocycles. The number of rotatable bonds is 6. The minimum absolute atomic E-state index is 0.0164. The van der Waals surface area contributed by atoms with Gasteiger partial charge in [0.15, 0.2) is 0 Å². The fourth-order valence-corrected chi connectivity index (χ4v) is 2.09. The summed E-state index contributed by atoms with van der Waals surface area (Å²) in [5, 5.41) is 7.47. The normalized spacial score (nSPS) is 12.1. The van der Waals surface area contributed by atoms with E-state index in [1.165, 1.54) is 10.7 Å². The zero-order valence-electron chi connectivity index (χ0n) is 11.7. The molecule has 1 atom stereocenters. The van der Waals surface area contributed by atoms with Crippen LogP contribution in [0.15, 0.2) is 47.4 Å². The van der Waals surface area contributed by atoms with E-state index in [1.807, 2.05) is 31.2 Å². The first-order chi connectivity index (χ1) is 9.74. The molecule has 0 saturated heterocycles. The number of benzene rings is 1. The number of likely N-dealkylation sites (N-methyl/N-ethyl adjacent to an activating group) is 1. The molecular formula is C15H19N3O2. The lowest BCUT2D eigenvalue weighted by Gasteiger charge is -2.19. The van der Waals surface area contributed by atoms with Crippen molar-refractivity contribution in [3.8, 4) is 5.75 Å². The fraction of sp³-hybridized carbons (Fsp3) is 0.333. The second-order valence-corrected chi connectivity index (χ2v) is 4.43. The maximum Gasteiger partial charge on any atom is 0.266 e. The van der Waals surface area contributed by atoms with Gasteiger partial charge in [0, 0.05) is 12.3 Å². The first-order valence-corrected chi connectivity index (χ1v) is 6.64. The van der Waals surface area contributed by atoms with E-state index in [1.54, 1.807) is 19.4 Å². The molecule has 1 heterocycles. The molecular weight excluding hydrogens is 254 g/mol.